The summed E-state index contributed by atoms with van der Waals surface area (Å²) in [5, 5.41) is 12.5. The predicted octanol–water partition coefficient (Wildman–Crippen LogP) is 3.13. The SMILES string of the molecule is CCc1cc(C(=O)Nc2cc(NC(=O)C(C)C)ccc2C)n[nH]1. The number of benzene rings is 1. The van der Waals surface area contributed by atoms with Gasteiger partial charge in [-0.15, -0.1) is 0 Å². The van der Waals surface area contributed by atoms with Crippen molar-refractivity contribution in [1.29, 1.82) is 0 Å². The Balaban J connectivity index is 2.15. The lowest BCUT2D eigenvalue weighted by molar-refractivity contribution is -0.118. The summed E-state index contributed by atoms with van der Waals surface area (Å²) in [6.07, 6.45) is 0.788. The van der Waals surface area contributed by atoms with Crippen molar-refractivity contribution in [1.82, 2.24) is 10.2 Å². The van der Waals surface area contributed by atoms with Crippen LogP contribution in [0.3, 0.4) is 0 Å². The molecule has 0 atom stereocenters. The fourth-order valence-corrected chi connectivity index (χ4v) is 1.97. The minimum atomic E-state index is -0.281. The van der Waals surface area contributed by atoms with E-state index in [0.29, 0.717) is 17.1 Å². The topological polar surface area (TPSA) is 86.9 Å². The van der Waals surface area contributed by atoms with E-state index in [-0.39, 0.29) is 17.7 Å². The summed E-state index contributed by atoms with van der Waals surface area (Å²) in [5.41, 5.74) is 3.47. The molecule has 6 heteroatoms. The molecule has 0 radical (unpaired) electrons. The van der Waals surface area contributed by atoms with Gasteiger partial charge in [0.25, 0.3) is 5.91 Å². The van der Waals surface area contributed by atoms with Gasteiger partial charge in [0.2, 0.25) is 5.91 Å². The van der Waals surface area contributed by atoms with Gasteiger partial charge < -0.3 is 10.6 Å². The van der Waals surface area contributed by atoms with Crippen LogP contribution in [0.25, 0.3) is 0 Å². The number of aromatic nitrogens is 2. The number of carbonyl (C=O) groups excluding carboxylic acids is 2. The van der Waals surface area contributed by atoms with Crippen LogP contribution >= 0.6 is 0 Å². The van der Waals surface area contributed by atoms with Gasteiger partial charge >= 0.3 is 0 Å². The van der Waals surface area contributed by atoms with Crippen molar-refractivity contribution < 1.29 is 9.59 Å². The number of nitrogens with one attached hydrogen (secondary N) is 3. The van der Waals surface area contributed by atoms with Crippen LogP contribution in [0, 0.1) is 12.8 Å². The molecule has 0 fully saturated rings. The summed E-state index contributed by atoms with van der Waals surface area (Å²) < 4.78 is 0. The molecule has 2 rings (SSSR count). The van der Waals surface area contributed by atoms with E-state index in [1.165, 1.54) is 0 Å². The molecule has 1 aromatic heterocycles. The number of hydrogen-bond acceptors (Lipinski definition) is 3. The number of amides is 2. The molecule has 0 saturated carbocycles. The van der Waals surface area contributed by atoms with Crippen LogP contribution in [0.2, 0.25) is 0 Å². The fraction of sp³-hybridized carbons (Fsp3) is 0.353. The van der Waals surface area contributed by atoms with Crippen molar-refractivity contribution in [2.75, 3.05) is 10.6 Å². The maximum atomic E-state index is 12.3. The third-order valence-electron chi connectivity index (χ3n) is 3.52. The number of anilines is 2. The van der Waals surface area contributed by atoms with E-state index < -0.39 is 0 Å². The molecule has 3 N–H and O–H groups in total. The van der Waals surface area contributed by atoms with Crippen molar-refractivity contribution in [3.63, 3.8) is 0 Å². The van der Waals surface area contributed by atoms with Crippen molar-refractivity contribution in [2.24, 2.45) is 5.92 Å². The molecule has 0 unspecified atom stereocenters. The van der Waals surface area contributed by atoms with Gasteiger partial charge in [-0.3, -0.25) is 14.7 Å². The number of rotatable bonds is 5. The Labute approximate surface area is 135 Å². The van der Waals surface area contributed by atoms with Gasteiger partial charge in [-0.1, -0.05) is 26.8 Å². The van der Waals surface area contributed by atoms with Crippen molar-refractivity contribution >= 4 is 23.2 Å². The molecule has 2 amide bonds. The first-order chi connectivity index (χ1) is 10.9. The molecule has 23 heavy (non-hydrogen) atoms. The van der Waals surface area contributed by atoms with Gasteiger partial charge in [0.1, 0.15) is 0 Å². The smallest absolute Gasteiger partial charge is 0.276 e. The summed E-state index contributed by atoms with van der Waals surface area (Å²) in [7, 11) is 0. The zero-order valence-electron chi connectivity index (χ0n) is 13.9. The van der Waals surface area contributed by atoms with E-state index >= 15 is 0 Å². The summed E-state index contributed by atoms with van der Waals surface area (Å²) in [6, 6.07) is 7.15. The zero-order valence-corrected chi connectivity index (χ0v) is 13.9. The molecule has 0 spiro atoms. The van der Waals surface area contributed by atoms with E-state index in [4.69, 9.17) is 0 Å². The summed E-state index contributed by atoms with van der Waals surface area (Å²) >= 11 is 0. The molecule has 1 aromatic carbocycles. The van der Waals surface area contributed by atoms with Gasteiger partial charge in [0.05, 0.1) is 0 Å². The Kier molecular flexibility index (Phi) is 5.16. The van der Waals surface area contributed by atoms with Crippen LogP contribution in [0.5, 0.6) is 0 Å². The minimum Gasteiger partial charge on any atom is -0.326 e. The number of nitrogens with zero attached hydrogens (tertiary/aromatic N) is 1. The fourth-order valence-electron chi connectivity index (χ4n) is 1.97. The van der Waals surface area contributed by atoms with E-state index in [2.05, 4.69) is 20.8 Å². The summed E-state index contributed by atoms with van der Waals surface area (Å²) in [6.45, 7) is 7.54. The highest BCUT2D eigenvalue weighted by Crippen LogP contribution is 2.21. The van der Waals surface area contributed by atoms with Gasteiger partial charge in [0.15, 0.2) is 5.69 Å². The van der Waals surface area contributed by atoms with Gasteiger partial charge in [-0.25, -0.2) is 0 Å². The highest BCUT2D eigenvalue weighted by molar-refractivity contribution is 6.04. The molecule has 0 saturated heterocycles. The molecule has 0 aliphatic rings. The van der Waals surface area contributed by atoms with E-state index in [1.807, 2.05) is 39.8 Å². The van der Waals surface area contributed by atoms with Gasteiger partial charge in [-0.05, 0) is 37.1 Å². The summed E-state index contributed by atoms with van der Waals surface area (Å²) in [4.78, 5) is 24.0. The molecular weight excluding hydrogens is 292 g/mol. The predicted molar refractivity (Wildman–Crippen MR) is 90.6 cm³/mol. The lowest BCUT2D eigenvalue weighted by Crippen LogP contribution is -2.18. The third kappa shape index (κ3) is 4.18. The van der Waals surface area contributed by atoms with E-state index in [0.717, 1.165) is 17.7 Å². The number of H-pyrrole nitrogens is 1. The molecule has 1 heterocycles. The van der Waals surface area contributed by atoms with Crippen molar-refractivity contribution in [2.45, 2.75) is 34.1 Å². The average molecular weight is 314 g/mol. The number of carbonyl (C=O) groups is 2. The highest BCUT2D eigenvalue weighted by atomic mass is 16.2. The average Bonchev–Trinajstić information content (AvgIpc) is 2.99. The standard InChI is InChI=1S/C17H22N4O2/c1-5-12-8-15(21-20-12)17(23)19-14-9-13(7-6-11(14)4)18-16(22)10(2)3/h6-10H,5H2,1-4H3,(H,18,22)(H,19,23)(H,20,21). The van der Waals surface area contributed by atoms with Crippen LogP contribution < -0.4 is 10.6 Å². The van der Waals surface area contributed by atoms with Gasteiger partial charge in [0, 0.05) is 23.0 Å². The van der Waals surface area contributed by atoms with Crippen LogP contribution in [0.15, 0.2) is 24.3 Å². The van der Waals surface area contributed by atoms with E-state index in [1.54, 1.807) is 12.1 Å². The maximum absolute atomic E-state index is 12.3. The molecular formula is C17H22N4O2. The van der Waals surface area contributed by atoms with Crippen LogP contribution in [-0.2, 0) is 11.2 Å². The number of hydrogen-bond donors (Lipinski definition) is 3. The van der Waals surface area contributed by atoms with E-state index in [9.17, 15) is 9.59 Å². The Morgan fingerprint density at radius 1 is 1.22 bits per heavy atom. The Bertz CT molecular complexity index is 719. The van der Waals surface area contributed by atoms with Crippen molar-refractivity contribution in [3.05, 3.63) is 41.2 Å². The Morgan fingerprint density at radius 2 is 1.96 bits per heavy atom. The lowest BCUT2D eigenvalue weighted by Gasteiger charge is -2.12. The van der Waals surface area contributed by atoms with Crippen LogP contribution in [-0.4, -0.2) is 22.0 Å². The Hall–Kier alpha value is -2.63. The van der Waals surface area contributed by atoms with Crippen LogP contribution in [0.4, 0.5) is 11.4 Å². The molecule has 2 aromatic rings. The first-order valence-electron chi connectivity index (χ1n) is 7.67. The normalized spacial score (nSPS) is 10.7. The second kappa shape index (κ2) is 7.09. The molecule has 0 aliphatic heterocycles. The lowest BCUT2D eigenvalue weighted by atomic mass is 10.1. The molecule has 6 nitrogen and oxygen atoms in total. The Morgan fingerprint density at radius 3 is 2.57 bits per heavy atom. The molecule has 0 aliphatic carbocycles. The molecule has 122 valence electrons. The van der Waals surface area contributed by atoms with Crippen molar-refractivity contribution in [3.8, 4) is 0 Å². The van der Waals surface area contributed by atoms with Gasteiger partial charge in [-0.2, -0.15) is 5.10 Å². The number of aromatic amines is 1. The first-order valence-corrected chi connectivity index (χ1v) is 7.67. The monoisotopic (exact) mass is 314 g/mol. The second-order valence-electron chi connectivity index (χ2n) is 5.76. The van der Waals surface area contributed by atoms with Crippen LogP contribution in [0.1, 0.15) is 42.5 Å². The largest absolute Gasteiger partial charge is 0.326 e. The third-order valence-corrected chi connectivity index (χ3v) is 3.52. The number of aryl methyl sites for hydroxylation is 2. The second-order valence-corrected chi connectivity index (χ2v) is 5.76. The highest BCUT2D eigenvalue weighted by Gasteiger charge is 2.13. The maximum Gasteiger partial charge on any atom is 0.276 e. The first kappa shape index (κ1) is 16.7. The minimum absolute atomic E-state index is 0.0639. The molecule has 0 bridgehead atoms. The summed E-state index contributed by atoms with van der Waals surface area (Å²) in [5.74, 6) is -0.451. The zero-order chi connectivity index (χ0) is 17.0. The quantitative estimate of drug-likeness (QED) is 0.792.